The van der Waals surface area contributed by atoms with E-state index < -0.39 is 0 Å². The van der Waals surface area contributed by atoms with E-state index in [2.05, 4.69) is 25.2 Å². The minimum atomic E-state index is -0.369. The Balaban J connectivity index is 1.91. The average Bonchev–Trinajstić information content (AvgIpc) is 2.95. The van der Waals surface area contributed by atoms with Crippen LogP contribution in [0, 0.1) is 11.3 Å². The molecule has 1 saturated carbocycles. The Morgan fingerprint density at radius 1 is 1.31 bits per heavy atom. The molecule has 0 bridgehead atoms. The summed E-state index contributed by atoms with van der Waals surface area (Å²) >= 11 is 0. The third kappa shape index (κ3) is 4.58. The molecule has 1 aromatic rings. The molecule has 0 saturated heterocycles. The topological polar surface area (TPSA) is 78.9 Å². The standard InChI is InChI=1S/C23H34N2O4/c1-15(2)13-29-19-6-5-17-12-23(9-7-18(27)8-10-23)21(20(17)11-19)24-22(28)25(14-26)16(3)4/h5-6,11,14-16,18,21,27H,7-10,12-13H2,1-4H3,(H,24,28). The number of hydrogen-bond donors (Lipinski definition) is 2. The summed E-state index contributed by atoms with van der Waals surface area (Å²) in [4.78, 5) is 25.5. The predicted molar refractivity (Wildman–Crippen MR) is 112 cm³/mol. The summed E-state index contributed by atoms with van der Waals surface area (Å²) in [6.07, 6.45) is 4.35. The normalized spacial score (nSPS) is 25.9. The van der Waals surface area contributed by atoms with Crippen LogP contribution in [0.1, 0.15) is 70.5 Å². The van der Waals surface area contributed by atoms with Gasteiger partial charge in [-0.05, 0) is 80.5 Å². The zero-order valence-electron chi connectivity index (χ0n) is 18.0. The lowest BCUT2D eigenvalue weighted by Gasteiger charge is -2.41. The minimum absolute atomic E-state index is 0.126. The van der Waals surface area contributed by atoms with E-state index in [1.54, 1.807) is 0 Å². The van der Waals surface area contributed by atoms with Crippen LogP contribution in [0.2, 0.25) is 0 Å². The van der Waals surface area contributed by atoms with Crippen LogP contribution in [0.25, 0.3) is 0 Å². The number of rotatable bonds is 6. The molecule has 0 radical (unpaired) electrons. The number of nitrogens with one attached hydrogen (secondary N) is 1. The van der Waals surface area contributed by atoms with Crippen molar-refractivity contribution >= 4 is 12.4 Å². The molecule has 2 N–H and O–H groups in total. The number of nitrogens with zero attached hydrogens (tertiary/aromatic N) is 1. The summed E-state index contributed by atoms with van der Waals surface area (Å²) in [5.74, 6) is 1.23. The SMILES string of the molecule is CC(C)COc1ccc2c(c1)C(NC(=O)N(C=O)C(C)C)C1(CCC(O)CC1)C2. The van der Waals surface area contributed by atoms with Gasteiger partial charge in [0, 0.05) is 6.04 Å². The van der Waals surface area contributed by atoms with Gasteiger partial charge in [0.2, 0.25) is 6.41 Å². The highest BCUT2D eigenvalue weighted by molar-refractivity contribution is 5.85. The summed E-state index contributed by atoms with van der Waals surface area (Å²) in [5.41, 5.74) is 2.16. The van der Waals surface area contributed by atoms with Crippen molar-refractivity contribution in [1.82, 2.24) is 10.2 Å². The molecule has 6 nitrogen and oxygen atoms in total. The number of amides is 3. The summed E-state index contributed by atoms with van der Waals surface area (Å²) in [6.45, 7) is 8.50. The molecular weight excluding hydrogens is 368 g/mol. The molecule has 3 amide bonds. The van der Waals surface area contributed by atoms with Crippen LogP contribution in [0.3, 0.4) is 0 Å². The highest BCUT2D eigenvalue weighted by Gasteiger charge is 2.48. The molecule has 1 atom stereocenters. The van der Waals surface area contributed by atoms with Crippen LogP contribution in [0.4, 0.5) is 4.79 Å². The van der Waals surface area contributed by atoms with Crippen molar-refractivity contribution in [2.24, 2.45) is 11.3 Å². The highest BCUT2D eigenvalue weighted by atomic mass is 16.5. The first-order valence-electron chi connectivity index (χ1n) is 10.7. The van der Waals surface area contributed by atoms with Gasteiger partial charge in [-0.2, -0.15) is 0 Å². The molecule has 1 aromatic carbocycles. The van der Waals surface area contributed by atoms with E-state index in [4.69, 9.17) is 4.74 Å². The molecule has 1 unspecified atom stereocenters. The molecular formula is C23H34N2O4. The smallest absolute Gasteiger partial charge is 0.324 e. The maximum absolute atomic E-state index is 12.9. The molecule has 3 rings (SSSR count). The molecule has 2 aliphatic carbocycles. The van der Waals surface area contributed by atoms with Crippen molar-refractivity contribution in [2.45, 2.75) is 78.0 Å². The van der Waals surface area contributed by atoms with E-state index >= 15 is 0 Å². The Labute approximate surface area is 173 Å². The zero-order chi connectivity index (χ0) is 21.2. The number of aliphatic hydroxyl groups is 1. The first kappa shape index (κ1) is 21.6. The fourth-order valence-corrected chi connectivity index (χ4v) is 4.64. The first-order valence-corrected chi connectivity index (χ1v) is 10.7. The van der Waals surface area contributed by atoms with E-state index in [9.17, 15) is 14.7 Å². The lowest BCUT2D eigenvalue weighted by molar-refractivity contribution is -0.116. The summed E-state index contributed by atoms with van der Waals surface area (Å²) < 4.78 is 5.93. The number of carbonyl (C=O) groups excluding carboxylic acids is 2. The summed E-state index contributed by atoms with van der Waals surface area (Å²) in [6, 6.07) is 5.38. The summed E-state index contributed by atoms with van der Waals surface area (Å²) in [7, 11) is 0. The number of hydrogen-bond acceptors (Lipinski definition) is 4. The fourth-order valence-electron chi connectivity index (χ4n) is 4.64. The second kappa shape index (κ2) is 8.74. The Bertz CT molecular complexity index is 738. The van der Waals surface area contributed by atoms with Gasteiger partial charge in [-0.1, -0.05) is 19.9 Å². The van der Waals surface area contributed by atoms with Gasteiger partial charge in [0.25, 0.3) is 0 Å². The largest absolute Gasteiger partial charge is 0.493 e. The molecule has 0 aliphatic heterocycles. The molecule has 29 heavy (non-hydrogen) atoms. The van der Waals surface area contributed by atoms with Crippen molar-refractivity contribution < 1.29 is 19.4 Å². The van der Waals surface area contributed by atoms with E-state index in [1.807, 2.05) is 26.0 Å². The Hall–Kier alpha value is -2.08. The van der Waals surface area contributed by atoms with Crippen LogP contribution in [0.5, 0.6) is 5.75 Å². The van der Waals surface area contributed by atoms with Gasteiger partial charge in [-0.3, -0.25) is 9.69 Å². The van der Waals surface area contributed by atoms with Gasteiger partial charge < -0.3 is 15.2 Å². The number of fused-ring (bicyclic) bond motifs is 1. The van der Waals surface area contributed by atoms with Crippen molar-refractivity contribution in [3.8, 4) is 5.75 Å². The van der Waals surface area contributed by atoms with Gasteiger partial charge in [-0.15, -0.1) is 0 Å². The second-order valence-electron chi connectivity index (χ2n) is 9.32. The molecule has 6 heteroatoms. The van der Waals surface area contributed by atoms with Crippen LogP contribution >= 0.6 is 0 Å². The van der Waals surface area contributed by atoms with Crippen molar-refractivity contribution in [1.29, 1.82) is 0 Å². The lowest BCUT2D eigenvalue weighted by Crippen LogP contribution is -2.48. The van der Waals surface area contributed by atoms with Gasteiger partial charge in [0.05, 0.1) is 18.8 Å². The molecule has 160 valence electrons. The number of carbonyl (C=O) groups is 2. The first-order chi connectivity index (χ1) is 13.8. The number of urea groups is 1. The van der Waals surface area contributed by atoms with E-state index in [1.165, 1.54) is 10.5 Å². The van der Waals surface area contributed by atoms with Gasteiger partial charge >= 0.3 is 6.03 Å². The van der Waals surface area contributed by atoms with Crippen molar-refractivity contribution in [3.05, 3.63) is 29.3 Å². The molecule has 1 spiro atoms. The van der Waals surface area contributed by atoms with E-state index in [-0.39, 0.29) is 29.6 Å². The predicted octanol–water partition coefficient (Wildman–Crippen LogP) is 3.82. The number of ether oxygens (including phenoxy) is 1. The molecule has 0 heterocycles. The maximum atomic E-state index is 12.9. The van der Waals surface area contributed by atoms with Crippen molar-refractivity contribution in [2.75, 3.05) is 6.61 Å². The monoisotopic (exact) mass is 402 g/mol. The van der Waals surface area contributed by atoms with Gasteiger partial charge in [-0.25, -0.2) is 4.79 Å². The highest BCUT2D eigenvalue weighted by Crippen LogP contribution is 2.54. The maximum Gasteiger partial charge on any atom is 0.324 e. The quantitative estimate of drug-likeness (QED) is 0.709. The van der Waals surface area contributed by atoms with Crippen molar-refractivity contribution in [3.63, 3.8) is 0 Å². The third-order valence-corrected chi connectivity index (χ3v) is 6.29. The second-order valence-corrected chi connectivity index (χ2v) is 9.32. The molecule has 2 aliphatic rings. The Morgan fingerprint density at radius 3 is 2.59 bits per heavy atom. The van der Waals surface area contributed by atoms with Crippen LogP contribution < -0.4 is 10.1 Å². The Morgan fingerprint density at radius 2 is 2.00 bits per heavy atom. The summed E-state index contributed by atoms with van der Waals surface area (Å²) in [5, 5.41) is 13.2. The molecule has 0 aromatic heterocycles. The van der Waals surface area contributed by atoms with Gasteiger partial charge in [0.1, 0.15) is 5.75 Å². The number of benzene rings is 1. The minimum Gasteiger partial charge on any atom is -0.493 e. The van der Waals surface area contributed by atoms with Crippen LogP contribution in [-0.2, 0) is 11.2 Å². The third-order valence-electron chi connectivity index (χ3n) is 6.29. The van der Waals surface area contributed by atoms with E-state index in [0.717, 1.165) is 43.4 Å². The number of imide groups is 1. The molecule has 1 fully saturated rings. The van der Waals surface area contributed by atoms with Gasteiger partial charge in [0.15, 0.2) is 0 Å². The van der Waals surface area contributed by atoms with E-state index in [0.29, 0.717) is 18.9 Å². The van der Waals surface area contributed by atoms with Crippen LogP contribution in [-0.4, -0.2) is 41.2 Å². The number of aliphatic hydroxyl groups excluding tert-OH is 1. The lowest BCUT2D eigenvalue weighted by atomic mass is 9.68. The zero-order valence-corrected chi connectivity index (χ0v) is 18.0. The van der Waals surface area contributed by atoms with Crippen LogP contribution in [0.15, 0.2) is 18.2 Å². The fraction of sp³-hybridized carbons (Fsp3) is 0.652. The average molecular weight is 403 g/mol. The Kier molecular flexibility index (Phi) is 6.52.